The number of likely N-dealkylation sites (tertiary alicyclic amines) is 1. The number of carbonyl (C=O) groups excluding carboxylic acids is 2. The van der Waals surface area contributed by atoms with Crippen LogP contribution in [-0.4, -0.2) is 43.1 Å². The summed E-state index contributed by atoms with van der Waals surface area (Å²) in [6.07, 6.45) is 5.06. The number of carbonyl (C=O) groups is 2. The molecular weight excluding hydrogens is 411 g/mol. The van der Waals surface area contributed by atoms with Crippen molar-refractivity contribution in [1.82, 2.24) is 10.2 Å². The quantitative estimate of drug-likeness (QED) is 0.646. The lowest BCUT2D eigenvalue weighted by molar-refractivity contribution is -0.127. The summed E-state index contributed by atoms with van der Waals surface area (Å²) in [7, 11) is 0. The molecule has 0 aromatic heterocycles. The summed E-state index contributed by atoms with van der Waals surface area (Å²) in [6.45, 7) is 1.66. The van der Waals surface area contributed by atoms with Crippen molar-refractivity contribution in [1.29, 1.82) is 5.26 Å². The second-order valence-electron chi connectivity index (χ2n) is 7.49. The second-order valence-corrected chi connectivity index (χ2v) is 7.49. The number of benzene rings is 2. The smallest absolute Gasteiger partial charge is 0.319 e. The lowest BCUT2D eigenvalue weighted by Crippen LogP contribution is -2.43. The molecule has 1 saturated heterocycles. The van der Waals surface area contributed by atoms with E-state index in [2.05, 4.69) is 10.6 Å². The van der Waals surface area contributed by atoms with E-state index in [4.69, 9.17) is 10.00 Å². The molecule has 1 aliphatic rings. The molecule has 0 saturated carbocycles. The number of urea groups is 1. The maximum Gasteiger partial charge on any atom is 0.319 e. The average Bonchev–Trinajstić information content (AvgIpc) is 2.81. The number of ether oxygens (including phenoxy) is 1. The van der Waals surface area contributed by atoms with Crippen LogP contribution in [0.5, 0.6) is 5.75 Å². The summed E-state index contributed by atoms with van der Waals surface area (Å²) in [5.41, 5.74) is 1.24. The predicted octanol–water partition coefficient (Wildman–Crippen LogP) is 3.80. The van der Waals surface area contributed by atoms with Gasteiger partial charge in [-0.3, -0.25) is 4.79 Å². The van der Waals surface area contributed by atoms with Gasteiger partial charge in [0.05, 0.1) is 0 Å². The fourth-order valence-electron chi connectivity index (χ4n) is 3.47. The standard InChI is InChI=1S/C24H25FN4O3/c25-20-4-1-5-21(15-20)28-24(31)27-16-19-3-2-13-29(17-19)23(30)11-8-18-6-9-22(10-7-18)32-14-12-26/h1,4-11,15,19H,2-3,13-14,16-17H2,(H2,27,28,31)/b11-8+. The molecular formula is C24H25FN4O3. The number of halogens is 1. The van der Waals surface area contributed by atoms with Gasteiger partial charge in [-0.1, -0.05) is 18.2 Å². The Bertz CT molecular complexity index is 1000. The molecule has 1 fully saturated rings. The summed E-state index contributed by atoms with van der Waals surface area (Å²) < 4.78 is 18.4. The van der Waals surface area contributed by atoms with Gasteiger partial charge in [0, 0.05) is 31.4 Å². The van der Waals surface area contributed by atoms with E-state index in [1.54, 1.807) is 29.2 Å². The number of hydrogen-bond donors (Lipinski definition) is 2. The Morgan fingerprint density at radius 1 is 1.25 bits per heavy atom. The van der Waals surface area contributed by atoms with E-state index in [1.165, 1.54) is 24.3 Å². The van der Waals surface area contributed by atoms with Crippen LogP contribution in [0.2, 0.25) is 0 Å². The predicted molar refractivity (Wildman–Crippen MR) is 119 cm³/mol. The van der Waals surface area contributed by atoms with Gasteiger partial charge in [-0.2, -0.15) is 5.26 Å². The Kier molecular flexibility index (Phi) is 8.21. The highest BCUT2D eigenvalue weighted by atomic mass is 19.1. The van der Waals surface area contributed by atoms with Crippen molar-refractivity contribution in [2.24, 2.45) is 5.92 Å². The van der Waals surface area contributed by atoms with Crippen molar-refractivity contribution in [3.8, 4) is 11.8 Å². The average molecular weight is 436 g/mol. The largest absolute Gasteiger partial charge is 0.479 e. The number of nitrogens with zero attached hydrogens (tertiary/aromatic N) is 2. The molecule has 1 unspecified atom stereocenters. The first kappa shape index (κ1) is 22.8. The summed E-state index contributed by atoms with van der Waals surface area (Å²) in [4.78, 5) is 26.4. The zero-order chi connectivity index (χ0) is 22.8. The van der Waals surface area contributed by atoms with Gasteiger partial charge in [-0.05, 0) is 60.7 Å². The number of rotatable bonds is 7. The van der Waals surface area contributed by atoms with Gasteiger partial charge in [-0.15, -0.1) is 0 Å². The lowest BCUT2D eigenvalue weighted by Gasteiger charge is -2.32. The van der Waals surface area contributed by atoms with Gasteiger partial charge in [0.2, 0.25) is 5.91 Å². The number of amides is 3. The van der Waals surface area contributed by atoms with Gasteiger partial charge in [-0.25, -0.2) is 9.18 Å². The molecule has 2 N–H and O–H groups in total. The van der Waals surface area contributed by atoms with Crippen LogP contribution < -0.4 is 15.4 Å². The number of nitriles is 1. The number of nitrogens with one attached hydrogen (secondary N) is 2. The molecule has 8 heteroatoms. The number of hydrogen-bond acceptors (Lipinski definition) is 4. The van der Waals surface area contributed by atoms with Crippen LogP contribution in [0.25, 0.3) is 6.08 Å². The van der Waals surface area contributed by atoms with Gasteiger partial charge < -0.3 is 20.3 Å². The van der Waals surface area contributed by atoms with Crippen molar-refractivity contribution in [3.63, 3.8) is 0 Å². The molecule has 1 aliphatic heterocycles. The van der Waals surface area contributed by atoms with Gasteiger partial charge in [0.25, 0.3) is 0 Å². The molecule has 1 heterocycles. The molecule has 1 atom stereocenters. The van der Waals surface area contributed by atoms with Crippen molar-refractivity contribution in [3.05, 3.63) is 66.0 Å². The first-order valence-corrected chi connectivity index (χ1v) is 10.4. The normalized spacial score (nSPS) is 15.8. The van der Waals surface area contributed by atoms with E-state index < -0.39 is 11.8 Å². The molecule has 0 aliphatic carbocycles. The van der Waals surface area contributed by atoms with E-state index in [0.717, 1.165) is 18.4 Å². The minimum Gasteiger partial charge on any atom is -0.479 e. The molecule has 32 heavy (non-hydrogen) atoms. The SMILES string of the molecule is N#CCOc1ccc(/C=C/C(=O)N2CCCC(CNC(=O)Nc3cccc(F)c3)C2)cc1. The van der Waals surface area contributed by atoms with Crippen LogP contribution in [0.1, 0.15) is 18.4 Å². The second kappa shape index (κ2) is 11.5. The molecule has 2 aromatic rings. The van der Waals surface area contributed by atoms with Crippen LogP contribution in [0, 0.1) is 23.1 Å². The molecule has 3 rings (SSSR count). The van der Waals surface area contributed by atoms with E-state index in [-0.39, 0.29) is 18.4 Å². The van der Waals surface area contributed by atoms with Crippen LogP contribution in [0.4, 0.5) is 14.9 Å². The highest BCUT2D eigenvalue weighted by Gasteiger charge is 2.22. The highest BCUT2D eigenvalue weighted by Crippen LogP contribution is 2.17. The third-order valence-electron chi connectivity index (χ3n) is 5.07. The Labute approximate surface area is 186 Å². The van der Waals surface area contributed by atoms with Gasteiger partial charge >= 0.3 is 6.03 Å². The summed E-state index contributed by atoms with van der Waals surface area (Å²) in [5, 5.41) is 13.9. The maximum absolute atomic E-state index is 13.2. The summed E-state index contributed by atoms with van der Waals surface area (Å²) in [5.74, 6) is 0.253. The molecule has 0 bridgehead atoms. The molecule has 2 aromatic carbocycles. The first-order valence-electron chi connectivity index (χ1n) is 10.4. The minimum atomic E-state index is -0.416. The molecule has 3 amide bonds. The van der Waals surface area contributed by atoms with Crippen molar-refractivity contribution >= 4 is 23.7 Å². The zero-order valence-electron chi connectivity index (χ0n) is 17.6. The van der Waals surface area contributed by atoms with Crippen molar-refractivity contribution in [2.75, 3.05) is 31.6 Å². The van der Waals surface area contributed by atoms with Crippen molar-refractivity contribution < 1.29 is 18.7 Å². The Balaban J connectivity index is 1.45. The van der Waals surface area contributed by atoms with Crippen LogP contribution in [0.3, 0.4) is 0 Å². The summed E-state index contributed by atoms with van der Waals surface area (Å²) >= 11 is 0. The first-order chi connectivity index (χ1) is 15.5. The van der Waals surface area contributed by atoms with Crippen molar-refractivity contribution in [2.45, 2.75) is 12.8 Å². The van der Waals surface area contributed by atoms with E-state index in [0.29, 0.717) is 31.1 Å². The molecule has 0 radical (unpaired) electrons. The topological polar surface area (TPSA) is 94.5 Å². The Morgan fingerprint density at radius 3 is 2.81 bits per heavy atom. The third kappa shape index (κ3) is 7.13. The zero-order valence-corrected chi connectivity index (χ0v) is 17.6. The van der Waals surface area contributed by atoms with Gasteiger partial charge in [0.1, 0.15) is 17.6 Å². The molecule has 7 nitrogen and oxygen atoms in total. The Morgan fingerprint density at radius 2 is 2.06 bits per heavy atom. The van der Waals surface area contributed by atoms with E-state index in [1.807, 2.05) is 18.2 Å². The maximum atomic E-state index is 13.2. The van der Waals surface area contributed by atoms with Crippen LogP contribution >= 0.6 is 0 Å². The monoisotopic (exact) mass is 436 g/mol. The minimum absolute atomic E-state index is 0.00881. The molecule has 166 valence electrons. The van der Waals surface area contributed by atoms with Gasteiger partial charge in [0.15, 0.2) is 6.61 Å². The van der Waals surface area contributed by atoms with E-state index in [9.17, 15) is 14.0 Å². The molecule has 0 spiro atoms. The highest BCUT2D eigenvalue weighted by molar-refractivity contribution is 5.92. The van der Waals surface area contributed by atoms with Crippen LogP contribution in [0.15, 0.2) is 54.6 Å². The van der Waals surface area contributed by atoms with Crippen LogP contribution in [-0.2, 0) is 4.79 Å². The third-order valence-corrected chi connectivity index (χ3v) is 5.07. The van der Waals surface area contributed by atoms with E-state index >= 15 is 0 Å². The fraction of sp³-hybridized carbons (Fsp3) is 0.292. The fourth-order valence-corrected chi connectivity index (χ4v) is 3.47. The Hall–Kier alpha value is -3.86. The number of piperidine rings is 1. The number of anilines is 1. The summed E-state index contributed by atoms with van der Waals surface area (Å²) in [6, 6.07) is 14.3. The lowest BCUT2D eigenvalue weighted by atomic mass is 9.98.